The first-order valence-electron chi connectivity index (χ1n) is 16.7. The minimum absolute atomic E-state index is 0.864. The maximum absolute atomic E-state index is 6.34. The molecule has 0 aliphatic rings. The summed E-state index contributed by atoms with van der Waals surface area (Å²) in [6.45, 7) is 0. The molecule has 0 N–H and O–H groups in total. The van der Waals surface area contributed by atoms with Crippen molar-refractivity contribution in [1.29, 1.82) is 0 Å². The number of rotatable bonds is 3. The van der Waals surface area contributed by atoms with E-state index in [1.807, 2.05) is 18.2 Å². The van der Waals surface area contributed by atoms with E-state index in [0.29, 0.717) is 0 Å². The number of para-hydroxylation sites is 2. The van der Waals surface area contributed by atoms with Crippen molar-refractivity contribution >= 4 is 76.3 Å². The Balaban J connectivity index is 1.26. The highest BCUT2D eigenvalue weighted by atomic mass is 16.3. The predicted octanol–water partition coefficient (Wildman–Crippen LogP) is 13.1. The standard InChI is InChI=1S/C46H27NO2/c1-2-11-29(12-3-1)47-38-19-9-8-17-34(38)45-36(18-10-20-39(45)47)44-32-15-6-4-13-30(32)43(31-14-5-7-16-33(31)44)28-21-22-41-37(27-28)46-35-25-26-48-40(35)23-24-42(46)49-41/h1-27H. The Labute approximate surface area is 280 Å². The Bertz CT molecular complexity index is 3050. The van der Waals surface area contributed by atoms with Gasteiger partial charge in [-0.15, -0.1) is 0 Å². The summed E-state index contributed by atoms with van der Waals surface area (Å²) >= 11 is 0. The molecule has 0 radical (unpaired) electrons. The number of furan rings is 2. The highest BCUT2D eigenvalue weighted by Crippen LogP contribution is 2.48. The first kappa shape index (κ1) is 26.5. The molecule has 8 aromatic carbocycles. The smallest absolute Gasteiger partial charge is 0.136 e. The molecule has 0 spiro atoms. The molecule has 3 heterocycles. The van der Waals surface area contributed by atoms with Crippen LogP contribution in [0.3, 0.4) is 0 Å². The molecule has 3 heteroatoms. The van der Waals surface area contributed by atoms with Gasteiger partial charge in [0.15, 0.2) is 0 Å². The molecule has 0 saturated heterocycles. The zero-order valence-corrected chi connectivity index (χ0v) is 26.4. The van der Waals surface area contributed by atoms with E-state index in [4.69, 9.17) is 8.83 Å². The molecule has 0 amide bonds. The second kappa shape index (κ2) is 9.96. The van der Waals surface area contributed by atoms with Gasteiger partial charge >= 0.3 is 0 Å². The van der Waals surface area contributed by atoms with Crippen LogP contribution >= 0.6 is 0 Å². The first-order chi connectivity index (χ1) is 24.3. The Morgan fingerprint density at radius 3 is 1.80 bits per heavy atom. The lowest BCUT2D eigenvalue weighted by Crippen LogP contribution is -1.93. The lowest BCUT2D eigenvalue weighted by molar-refractivity contribution is 0.615. The number of aromatic nitrogens is 1. The summed E-state index contributed by atoms with van der Waals surface area (Å²) in [5.74, 6) is 0. The van der Waals surface area contributed by atoms with Crippen LogP contribution in [-0.2, 0) is 0 Å². The summed E-state index contributed by atoms with van der Waals surface area (Å²) in [5, 5.41) is 10.7. The average molecular weight is 626 g/mol. The molecule has 3 nitrogen and oxygen atoms in total. The van der Waals surface area contributed by atoms with Gasteiger partial charge in [0.1, 0.15) is 16.7 Å². The maximum atomic E-state index is 6.34. The molecule has 0 saturated carbocycles. The number of hydrogen-bond acceptors (Lipinski definition) is 2. The van der Waals surface area contributed by atoms with Crippen molar-refractivity contribution in [3.8, 4) is 27.9 Å². The molecule has 0 aliphatic carbocycles. The summed E-state index contributed by atoms with van der Waals surface area (Å²) in [7, 11) is 0. The van der Waals surface area contributed by atoms with Crippen molar-refractivity contribution in [2.24, 2.45) is 0 Å². The molecule has 49 heavy (non-hydrogen) atoms. The van der Waals surface area contributed by atoms with Crippen molar-refractivity contribution in [2.45, 2.75) is 0 Å². The summed E-state index contributed by atoms with van der Waals surface area (Å²) in [4.78, 5) is 0. The number of fused-ring (bicyclic) bond motifs is 10. The van der Waals surface area contributed by atoms with Crippen molar-refractivity contribution < 1.29 is 8.83 Å². The van der Waals surface area contributed by atoms with E-state index in [2.05, 4.69) is 144 Å². The van der Waals surface area contributed by atoms with Crippen molar-refractivity contribution in [2.75, 3.05) is 0 Å². The van der Waals surface area contributed by atoms with Crippen LogP contribution in [0.25, 0.3) is 104 Å². The van der Waals surface area contributed by atoms with Crippen LogP contribution in [0.1, 0.15) is 0 Å². The molecule has 11 rings (SSSR count). The summed E-state index contributed by atoms with van der Waals surface area (Å²) in [6, 6.07) is 56.7. The van der Waals surface area contributed by atoms with Crippen molar-refractivity contribution in [3.63, 3.8) is 0 Å². The minimum Gasteiger partial charge on any atom is -0.464 e. The molecule has 11 aromatic rings. The fourth-order valence-electron chi connectivity index (χ4n) is 8.29. The van der Waals surface area contributed by atoms with Crippen LogP contribution in [0.2, 0.25) is 0 Å². The van der Waals surface area contributed by atoms with E-state index >= 15 is 0 Å². The van der Waals surface area contributed by atoms with E-state index in [9.17, 15) is 0 Å². The first-order valence-corrected chi connectivity index (χ1v) is 16.7. The predicted molar refractivity (Wildman–Crippen MR) is 204 cm³/mol. The number of nitrogens with zero attached hydrogens (tertiary/aromatic N) is 1. The second-order valence-electron chi connectivity index (χ2n) is 12.8. The topological polar surface area (TPSA) is 31.2 Å². The zero-order valence-electron chi connectivity index (χ0n) is 26.4. The summed E-state index contributed by atoms with van der Waals surface area (Å²) < 4.78 is 14.5. The average Bonchev–Trinajstić information content (AvgIpc) is 3.87. The largest absolute Gasteiger partial charge is 0.464 e. The van der Waals surface area contributed by atoms with Gasteiger partial charge < -0.3 is 13.4 Å². The van der Waals surface area contributed by atoms with Crippen LogP contribution in [-0.4, -0.2) is 4.57 Å². The summed E-state index contributed by atoms with van der Waals surface area (Å²) in [6.07, 6.45) is 1.75. The van der Waals surface area contributed by atoms with Gasteiger partial charge in [0.25, 0.3) is 0 Å². The van der Waals surface area contributed by atoms with Gasteiger partial charge in [-0.1, -0.05) is 103 Å². The van der Waals surface area contributed by atoms with Crippen LogP contribution in [0.15, 0.2) is 173 Å². The van der Waals surface area contributed by atoms with Crippen molar-refractivity contribution in [1.82, 2.24) is 4.57 Å². The normalized spacial score (nSPS) is 12.1. The Kier molecular flexibility index (Phi) is 5.38. The van der Waals surface area contributed by atoms with Crippen LogP contribution < -0.4 is 0 Å². The van der Waals surface area contributed by atoms with E-state index in [-0.39, 0.29) is 0 Å². The molecule has 3 aromatic heterocycles. The van der Waals surface area contributed by atoms with Gasteiger partial charge in [-0.05, 0) is 98.4 Å². The van der Waals surface area contributed by atoms with E-state index in [1.165, 1.54) is 60.0 Å². The highest BCUT2D eigenvalue weighted by Gasteiger charge is 2.22. The third-order valence-corrected chi connectivity index (χ3v) is 10.3. The van der Waals surface area contributed by atoms with Gasteiger partial charge in [0, 0.05) is 32.6 Å². The molecule has 0 fully saturated rings. The SMILES string of the molecule is c1ccc(-n2c3ccccc3c3c(-c4c5ccccc5c(-c5ccc6oc7ccc8occc8c7c6c5)c5ccccc45)cccc32)cc1. The van der Waals surface area contributed by atoms with Gasteiger partial charge in [-0.25, -0.2) is 0 Å². The minimum atomic E-state index is 0.864. The van der Waals surface area contributed by atoms with E-state index in [0.717, 1.165) is 44.2 Å². The molecule has 0 atom stereocenters. The monoisotopic (exact) mass is 625 g/mol. The molecule has 0 aliphatic heterocycles. The lowest BCUT2D eigenvalue weighted by Gasteiger charge is -2.18. The Morgan fingerprint density at radius 2 is 1.02 bits per heavy atom. The van der Waals surface area contributed by atoms with Gasteiger partial charge in [0.2, 0.25) is 0 Å². The lowest BCUT2D eigenvalue weighted by atomic mass is 9.84. The fourth-order valence-corrected chi connectivity index (χ4v) is 8.29. The van der Waals surface area contributed by atoms with Crippen LogP contribution in [0.5, 0.6) is 0 Å². The molecule has 228 valence electrons. The maximum Gasteiger partial charge on any atom is 0.136 e. The van der Waals surface area contributed by atoms with E-state index < -0.39 is 0 Å². The third kappa shape index (κ3) is 3.67. The van der Waals surface area contributed by atoms with Crippen LogP contribution in [0, 0.1) is 0 Å². The van der Waals surface area contributed by atoms with Gasteiger partial charge in [-0.2, -0.15) is 0 Å². The fraction of sp³-hybridized carbons (Fsp3) is 0. The molecule has 0 unspecified atom stereocenters. The molecular formula is C46H27NO2. The van der Waals surface area contributed by atoms with Gasteiger partial charge in [0.05, 0.1) is 17.3 Å². The highest BCUT2D eigenvalue weighted by molar-refractivity contribution is 6.27. The number of hydrogen-bond donors (Lipinski definition) is 0. The number of benzene rings is 8. The molecule has 0 bridgehead atoms. The van der Waals surface area contributed by atoms with Crippen molar-refractivity contribution in [3.05, 3.63) is 164 Å². The quantitative estimate of drug-likeness (QED) is 0.183. The Hall–Kier alpha value is -6.58. The van der Waals surface area contributed by atoms with Crippen LogP contribution in [0.4, 0.5) is 0 Å². The second-order valence-corrected chi connectivity index (χ2v) is 12.8. The third-order valence-electron chi connectivity index (χ3n) is 10.3. The summed E-state index contributed by atoms with van der Waals surface area (Å²) in [5.41, 5.74) is 11.0. The Morgan fingerprint density at radius 1 is 0.388 bits per heavy atom. The molecular weight excluding hydrogens is 599 g/mol. The van der Waals surface area contributed by atoms with Gasteiger partial charge in [-0.3, -0.25) is 0 Å². The van der Waals surface area contributed by atoms with E-state index in [1.54, 1.807) is 6.26 Å². The zero-order chi connectivity index (χ0) is 32.1.